The monoisotopic (exact) mass is 299 g/mol. The van der Waals surface area contributed by atoms with Crippen molar-refractivity contribution in [3.8, 4) is 0 Å². The van der Waals surface area contributed by atoms with Gasteiger partial charge in [0.1, 0.15) is 5.54 Å². The first-order valence-electron chi connectivity index (χ1n) is 7.87. The minimum atomic E-state index is -0.608. The van der Waals surface area contributed by atoms with E-state index in [0.29, 0.717) is 19.4 Å². The zero-order valence-electron chi connectivity index (χ0n) is 13.4. The predicted molar refractivity (Wildman–Crippen MR) is 81.7 cm³/mol. The number of carbonyl (C=O) groups excluding carboxylic acids is 2. The van der Waals surface area contributed by atoms with Gasteiger partial charge >= 0.3 is 5.97 Å². The van der Waals surface area contributed by atoms with Crippen molar-refractivity contribution in [3.05, 3.63) is 0 Å². The lowest BCUT2D eigenvalue weighted by Gasteiger charge is -2.40. The first kappa shape index (κ1) is 17.9. The molecule has 3 atom stereocenters. The van der Waals surface area contributed by atoms with E-state index >= 15 is 0 Å². The fourth-order valence-electron chi connectivity index (χ4n) is 3.33. The number of esters is 1. The molecule has 0 saturated heterocycles. The van der Waals surface area contributed by atoms with Gasteiger partial charge in [0.2, 0.25) is 5.91 Å². The topological polar surface area (TPSA) is 93.4 Å². The van der Waals surface area contributed by atoms with E-state index < -0.39 is 5.54 Å². The van der Waals surface area contributed by atoms with E-state index in [0.717, 1.165) is 25.8 Å². The number of hydrogen-bond acceptors (Lipinski definition) is 5. The molecule has 0 spiro atoms. The Hall–Kier alpha value is -1.14. The van der Waals surface area contributed by atoms with Crippen LogP contribution in [0.25, 0.3) is 0 Å². The van der Waals surface area contributed by atoms with Crippen LogP contribution in [0.4, 0.5) is 0 Å². The Labute approximate surface area is 127 Å². The molecule has 0 heterocycles. The van der Waals surface area contributed by atoms with Gasteiger partial charge in [-0.15, -0.1) is 0 Å². The van der Waals surface area contributed by atoms with E-state index in [2.05, 4.69) is 10.6 Å². The summed E-state index contributed by atoms with van der Waals surface area (Å²) in [4.78, 5) is 23.7. The van der Waals surface area contributed by atoms with E-state index in [1.807, 2.05) is 13.8 Å². The van der Waals surface area contributed by atoms with Gasteiger partial charge < -0.3 is 21.1 Å². The van der Waals surface area contributed by atoms with Gasteiger partial charge in [-0.25, -0.2) is 0 Å². The average Bonchev–Trinajstić information content (AvgIpc) is 2.45. The Bertz CT molecular complexity index is 358. The zero-order valence-corrected chi connectivity index (χ0v) is 13.4. The molecule has 0 aromatic heterocycles. The molecule has 1 rings (SSSR count). The Kier molecular flexibility index (Phi) is 7.11. The van der Waals surface area contributed by atoms with Gasteiger partial charge in [-0.3, -0.25) is 9.59 Å². The summed E-state index contributed by atoms with van der Waals surface area (Å²) in [7, 11) is 1.74. The van der Waals surface area contributed by atoms with Crippen LogP contribution >= 0.6 is 0 Å². The highest BCUT2D eigenvalue weighted by atomic mass is 16.5. The lowest BCUT2D eigenvalue weighted by Crippen LogP contribution is -2.56. The summed E-state index contributed by atoms with van der Waals surface area (Å²) >= 11 is 0. The van der Waals surface area contributed by atoms with Gasteiger partial charge in [-0.05, 0) is 45.7 Å². The lowest BCUT2D eigenvalue weighted by atomic mass is 9.73. The van der Waals surface area contributed by atoms with E-state index in [1.54, 1.807) is 7.05 Å². The fourth-order valence-corrected chi connectivity index (χ4v) is 3.33. The smallest absolute Gasteiger partial charge is 0.326 e. The van der Waals surface area contributed by atoms with Crippen molar-refractivity contribution < 1.29 is 14.3 Å². The van der Waals surface area contributed by atoms with Crippen molar-refractivity contribution in [2.45, 2.75) is 57.5 Å². The number of carbonyl (C=O) groups is 2. The van der Waals surface area contributed by atoms with Crippen molar-refractivity contribution >= 4 is 11.9 Å². The SMILES string of the molecule is CCNC1(C(=O)OCC)CCCC(CC(NC)C(N)=O)C1. The second-order valence-corrected chi connectivity index (χ2v) is 5.77. The molecule has 1 saturated carbocycles. The van der Waals surface area contributed by atoms with Crippen LogP contribution in [-0.2, 0) is 14.3 Å². The van der Waals surface area contributed by atoms with E-state index in [-0.39, 0.29) is 23.8 Å². The molecular weight excluding hydrogens is 270 g/mol. The molecule has 0 aliphatic heterocycles. The normalized spacial score (nSPS) is 27.1. The van der Waals surface area contributed by atoms with Crippen LogP contribution in [0, 0.1) is 5.92 Å². The minimum absolute atomic E-state index is 0.170. The number of ether oxygens (including phenoxy) is 1. The summed E-state index contributed by atoms with van der Waals surface area (Å²) in [5.41, 5.74) is 4.78. The number of amides is 1. The summed E-state index contributed by atoms with van der Waals surface area (Å²) in [6, 6.07) is -0.338. The maximum Gasteiger partial charge on any atom is 0.326 e. The largest absolute Gasteiger partial charge is 0.465 e. The predicted octanol–water partition coefficient (Wildman–Crippen LogP) is 0.551. The molecule has 6 heteroatoms. The third-order valence-corrected chi connectivity index (χ3v) is 4.30. The highest BCUT2D eigenvalue weighted by Crippen LogP contribution is 2.36. The Balaban J connectivity index is 2.78. The van der Waals surface area contributed by atoms with E-state index in [1.165, 1.54) is 0 Å². The third kappa shape index (κ3) is 4.68. The molecule has 1 aliphatic carbocycles. The van der Waals surface area contributed by atoms with Gasteiger partial charge in [0.15, 0.2) is 0 Å². The summed E-state index contributed by atoms with van der Waals surface area (Å²) in [5, 5.41) is 6.27. The number of nitrogens with two attached hydrogens (primary N) is 1. The van der Waals surface area contributed by atoms with Crippen molar-refractivity contribution in [3.63, 3.8) is 0 Å². The molecule has 122 valence electrons. The van der Waals surface area contributed by atoms with Crippen molar-refractivity contribution in [1.29, 1.82) is 0 Å². The summed E-state index contributed by atoms with van der Waals surface area (Å²) in [5.74, 6) is -0.225. The van der Waals surface area contributed by atoms with E-state index in [9.17, 15) is 9.59 Å². The van der Waals surface area contributed by atoms with Gasteiger partial charge in [-0.2, -0.15) is 0 Å². The standard InChI is InChI=1S/C15H29N3O3/c1-4-18-15(14(20)21-5-2)8-6-7-11(10-15)9-12(17-3)13(16)19/h11-12,17-18H,4-10H2,1-3H3,(H2,16,19). The van der Waals surface area contributed by atoms with Crippen molar-refractivity contribution in [1.82, 2.24) is 10.6 Å². The second-order valence-electron chi connectivity index (χ2n) is 5.77. The Morgan fingerprint density at radius 1 is 1.43 bits per heavy atom. The molecule has 1 aliphatic rings. The Morgan fingerprint density at radius 2 is 2.14 bits per heavy atom. The van der Waals surface area contributed by atoms with Crippen molar-refractivity contribution in [2.75, 3.05) is 20.2 Å². The molecule has 0 aromatic rings. The highest BCUT2D eigenvalue weighted by molar-refractivity contribution is 5.81. The lowest BCUT2D eigenvalue weighted by molar-refractivity contribution is -0.153. The van der Waals surface area contributed by atoms with E-state index in [4.69, 9.17) is 10.5 Å². The zero-order chi connectivity index (χ0) is 15.9. The summed E-state index contributed by atoms with van der Waals surface area (Å²) in [6.07, 6.45) is 4.12. The number of likely N-dealkylation sites (N-methyl/N-ethyl adjacent to an activating group) is 2. The maximum absolute atomic E-state index is 12.4. The van der Waals surface area contributed by atoms with Crippen LogP contribution in [0.15, 0.2) is 0 Å². The van der Waals surface area contributed by atoms with Gasteiger partial charge in [-0.1, -0.05) is 19.8 Å². The molecule has 0 radical (unpaired) electrons. The molecule has 0 bridgehead atoms. The van der Waals surface area contributed by atoms with Gasteiger partial charge in [0, 0.05) is 0 Å². The molecule has 1 amide bonds. The Morgan fingerprint density at radius 3 is 2.67 bits per heavy atom. The molecule has 21 heavy (non-hydrogen) atoms. The number of rotatable bonds is 8. The van der Waals surface area contributed by atoms with Crippen molar-refractivity contribution in [2.24, 2.45) is 11.7 Å². The maximum atomic E-state index is 12.4. The fraction of sp³-hybridized carbons (Fsp3) is 0.867. The second kappa shape index (κ2) is 8.34. The molecular formula is C15H29N3O3. The van der Waals surface area contributed by atoms with Gasteiger partial charge in [0.05, 0.1) is 12.6 Å². The number of nitrogens with one attached hydrogen (secondary N) is 2. The minimum Gasteiger partial charge on any atom is -0.465 e. The van der Waals surface area contributed by atoms with Crippen LogP contribution in [0.2, 0.25) is 0 Å². The molecule has 3 unspecified atom stereocenters. The highest BCUT2D eigenvalue weighted by Gasteiger charge is 2.43. The summed E-state index contributed by atoms with van der Waals surface area (Å²) in [6.45, 7) is 4.92. The number of primary amides is 1. The molecule has 4 N–H and O–H groups in total. The first-order valence-corrected chi connectivity index (χ1v) is 7.87. The quantitative estimate of drug-likeness (QED) is 0.569. The van der Waals surface area contributed by atoms with Crippen LogP contribution < -0.4 is 16.4 Å². The number of hydrogen-bond donors (Lipinski definition) is 3. The molecule has 0 aromatic carbocycles. The van der Waals surface area contributed by atoms with Crippen LogP contribution in [0.5, 0.6) is 0 Å². The molecule has 6 nitrogen and oxygen atoms in total. The van der Waals surface area contributed by atoms with Crippen LogP contribution in [-0.4, -0.2) is 43.7 Å². The first-order chi connectivity index (χ1) is 9.99. The van der Waals surface area contributed by atoms with Crippen LogP contribution in [0.3, 0.4) is 0 Å². The third-order valence-electron chi connectivity index (χ3n) is 4.30. The van der Waals surface area contributed by atoms with Crippen LogP contribution in [0.1, 0.15) is 46.0 Å². The molecule has 1 fully saturated rings. The average molecular weight is 299 g/mol. The summed E-state index contributed by atoms with van der Waals surface area (Å²) < 4.78 is 5.26. The van der Waals surface area contributed by atoms with Gasteiger partial charge in [0.25, 0.3) is 0 Å².